The van der Waals surface area contributed by atoms with E-state index in [4.69, 9.17) is 0 Å². The fraction of sp³-hybridized carbons (Fsp3) is 0.412. The molecule has 0 saturated carbocycles. The molecule has 1 N–H and O–H groups in total. The summed E-state index contributed by atoms with van der Waals surface area (Å²) in [5.74, 6) is 0. The first-order valence-corrected chi connectivity index (χ1v) is 8.02. The van der Waals surface area contributed by atoms with Crippen LogP contribution in [0.4, 0.5) is 0 Å². The van der Waals surface area contributed by atoms with Crippen LogP contribution in [0.1, 0.15) is 30.0 Å². The first-order valence-electron chi connectivity index (χ1n) is 7.08. The summed E-state index contributed by atoms with van der Waals surface area (Å²) in [5, 5.41) is 8.03. The lowest BCUT2D eigenvalue weighted by Crippen LogP contribution is -2.31. The van der Waals surface area contributed by atoms with Crippen molar-refractivity contribution in [2.75, 3.05) is 6.54 Å². The Balaban J connectivity index is 1.87. The summed E-state index contributed by atoms with van der Waals surface area (Å²) < 4.78 is 0. The van der Waals surface area contributed by atoms with Gasteiger partial charge in [-0.1, -0.05) is 36.8 Å². The summed E-state index contributed by atoms with van der Waals surface area (Å²) in [5.41, 5.74) is 4.24. The number of nitrogens with one attached hydrogen (secondary N) is 1. The van der Waals surface area contributed by atoms with Crippen molar-refractivity contribution in [1.29, 1.82) is 0 Å². The van der Waals surface area contributed by atoms with Gasteiger partial charge in [-0.3, -0.25) is 0 Å². The number of thiophene rings is 1. The molecule has 1 aromatic carbocycles. The van der Waals surface area contributed by atoms with E-state index < -0.39 is 0 Å². The SMILES string of the molecule is CCNC(CCc1ccc(C)cc1)Cc1ccsc1. The predicted molar refractivity (Wildman–Crippen MR) is 85.0 cm³/mol. The van der Waals surface area contributed by atoms with Crippen LogP contribution in [-0.2, 0) is 12.8 Å². The van der Waals surface area contributed by atoms with E-state index in [1.54, 1.807) is 11.3 Å². The van der Waals surface area contributed by atoms with Gasteiger partial charge in [-0.15, -0.1) is 0 Å². The topological polar surface area (TPSA) is 12.0 Å². The van der Waals surface area contributed by atoms with E-state index in [-0.39, 0.29) is 0 Å². The molecule has 2 rings (SSSR count). The highest BCUT2D eigenvalue weighted by Gasteiger charge is 2.09. The van der Waals surface area contributed by atoms with E-state index in [0.717, 1.165) is 19.4 Å². The second kappa shape index (κ2) is 7.46. The van der Waals surface area contributed by atoms with Crippen LogP contribution in [0.15, 0.2) is 41.1 Å². The molecule has 102 valence electrons. The number of rotatable bonds is 7. The van der Waals surface area contributed by atoms with Gasteiger partial charge in [0.15, 0.2) is 0 Å². The van der Waals surface area contributed by atoms with Crippen molar-refractivity contribution in [3.8, 4) is 0 Å². The largest absolute Gasteiger partial charge is 0.314 e. The van der Waals surface area contributed by atoms with Gasteiger partial charge in [-0.25, -0.2) is 0 Å². The summed E-state index contributed by atoms with van der Waals surface area (Å²) in [6.45, 7) is 5.37. The summed E-state index contributed by atoms with van der Waals surface area (Å²) in [6, 6.07) is 11.7. The highest BCUT2D eigenvalue weighted by molar-refractivity contribution is 7.07. The van der Waals surface area contributed by atoms with Crippen molar-refractivity contribution < 1.29 is 0 Å². The molecule has 0 saturated heterocycles. The molecular weight excluding hydrogens is 250 g/mol. The van der Waals surface area contributed by atoms with Gasteiger partial charge in [0, 0.05) is 6.04 Å². The van der Waals surface area contributed by atoms with Crippen LogP contribution < -0.4 is 5.32 Å². The molecule has 1 heterocycles. The van der Waals surface area contributed by atoms with Gasteiger partial charge in [0.2, 0.25) is 0 Å². The van der Waals surface area contributed by atoms with Gasteiger partial charge in [0.05, 0.1) is 0 Å². The lowest BCUT2D eigenvalue weighted by atomic mass is 10.00. The molecule has 0 aliphatic carbocycles. The third-order valence-electron chi connectivity index (χ3n) is 3.46. The average Bonchev–Trinajstić information content (AvgIpc) is 2.91. The van der Waals surface area contributed by atoms with Crippen LogP contribution in [0.25, 0.3) is 0 Å². The zero-order valence-electron chi connectivity index (χ0n) is 11.9. The summed E-state index contributed by atoms with van der Waals surface area (Å²) in [4.78, 5) is 0. The van der Waals surface area contributed by atoms with Crippen molar-refractivity contribution in [3.05, 3.63) is 57.8 Å². The van der Waals surface area contributed by atoms with E-state index in [9.17, 15) is 0 Å². The fourth-order valence-electron chi connectivity index (χ4n) is 2.35. The second-order valence-corrected chi connectivity index (χ2v) is 5.89. The van der Waals surface area contributed by atoms with Gasteiger partial charge in [0.1, 0.15) is 0 Å². The molecule has 1 nitrogen and oxygen atoms in total. The van der Waals surface area contributed by atoms with E-state index in [1.165, 1.54) is 23.1 Å². The Hall–Kier alpha value is -1.12. The summed E-state index contributed by atoms with van der Waals surface area (Å²) in [6.07, 6.45) is 3.50. The van der Waals surface area contributed by atoms with E-state index >= 15 is 0 Å². The Morgan fingerprint density at radius 1 is 1.11 bits per heavy atom. The molecule has 0 fully saturated rings. The number of aryl methyl sites for hydroxylation is 2. The van der Waals surface area contributed by atoms with Gasteiger partial charge in [0.25, 0.3) is 0 Å². The van der Waals surface area contributed by atoms with Crippen LogP contribution in [0.5, 0.6) is 0 Å². The number of hydrogen-bond acceptors (Lipinski definition) is 2. The minimum absolute atomic E-state index is 0.584. The van der Waals surface area contributed by atoms with Crippen molar-refractivity contribution in [2.24, 2.45) is 0 Å². The molecule has 0 amide bonds. The normalized spacial score (nSPS) is 12.5. The van der Waals surface area contributed by atoms with E-state index in [1.807, 2.05) is 0 Å². The maximum Gasteiger partial charge on any atom is 0.0111 e. The Bertz CT molecular complexity index is 459. The monoisotopic (exact) mass is 273 g/mol. The molecule has 1 aromatic heterocycles. The minimum Gasteiger partial charge on any atom is -0.314 e. The fourth-order valence-corrected chi connectivity index (χ4v) is 3.04. The summed E-state index contributed by atoms with van der Waals surface area (Å²) >= 11 is 1.79. The van der Waals surface area contributed by atoms with Crippen LogP contribution in [0.3, 0.4) is 0 Å². The number of benzene rings is 1. The zero-order valence-corrected chi connectivity index (χ0v) is 12.7. The standard InChI is InChI=1S/C17H23NS/c1-3-18-17(12-16-10-11-19-13-16)9-8-15-6-4-14(2)5-7-15/h4-7,10-11,13,17-18H,3,8-9,12H2,1-2H3. The molecule has 0 aliphatic heterocycles. The lowest BCUT2D eigenvalue weighted by molar-refractivity contribution is 0.491. The van der Waals surface area contributed by atoms with Gasteiger partial charge in [-0.2, -0.15) is 11.3 Å². The molecule has 0 bridgehead atoms. The zero-order chi connectivity index (χ0) is 13.5. The van der Waals surface area contributed by atoms with Gasteiger partial charge in [-0.05, 0) is 60.7 Å². The molecule has 2 aromatic rings. The van der Waals surface area contributed by atoms with Crippen molar-refractivity contribution >= 4 is 11.3 Å². The second-order valence-electron chi connectivity index (χ2n) is 5.11. The Morgan fingerprint density at radius 3 is 2.53 bits per heavy atom. The molecular formula is C17H23NS. The minimum atomic E-state index is 0.584. The van der Waals surface area contributed by atoms with Crippen LogP contribution >= 0.6 is 11.3 Å². The molecule has 0 spiro atoms. The van der Waals surface area contributed by atoms with Crippen LogP contribution in [-0.4, -0.2) is 12.6 Å². The molecule has 19 heavy (non-hydrogen) atoms. The van der Waals surface area contributed by atoms with Gasteiger partial charge >= 0.3 is 0 Å². The predicted octanol–water partition coefficient (Wildman–Crippen LogP) is 4.21. The molecule has 0 radical (unpaired) electrons. The van der Waals surface area contributed by atoms with Crippen LogP contribution in [0, 0.1) is 6.92 Å². The lowest BCUT2D eigenvalue weighted by Gasteiger charge is -2.17. The highest BCUT2D eigenvalue weighted by atomic mass is 32.1. The first kappa shape index (κ1) is 14.3. The third kappa shape index (κ3) is 4.81. The van der Waals surface area contributed by atoms with Crippen molar-refractivity contribution in [2.45, 2.75) is 39.2 Å². The maximum atomic E-state index is 3.61. The van der Waals surface area contributed by atoms with Crippen LogP contribution in [0.2, 0.25) is 0 Å². The van der Waals surface area contributed by atoms with Crippen molar-refractivity contribution in [1.82, 2.24) is 5.32 Å². The van der Waals surface area contributed by atoms with Crippen molar-refractivity contribution in [3.63, 3.8) is 0 Å². The summed E-state index contributed by atoms with van der Waals surface area (Å²) in [7, 11) is 0. The average molecular weight is 273 g/mol. The Morgan fingerprint density at radius 2 is 1.89 bits per heavy atom. The maximum absolute atomic E-state index is 3.61. The quantitative estimate of drug-likeness (QED) is 0.797. The third-order valence-corrected chi connectivity index (χ3v) is 4.19. The highest BCUT2D eigenvalue weighted by Crippen LogP contribution is 2.13. The molecule has 0 aliphatic rings. The number of hydrogen-bond donors (Lipinski definition) is 1. The molecule has 2 heteroatoms. The number of likely N-dealkylation sites (N-methyl/N-ethyl adjacent to an activating group) is 1. The first-order chi connectivity index (χ1) is 9.28. The van der Waals surface area contributed by atoms with Gasteiger partial charge < -0.3 is 5.32 Å². The van der Waals surface area contributed by atoms with E-state index in [0.29, 0.717) is 6.04 Å². The Kier molecular flexibility index (Phi) is 5.62. The smallest absolute Gasteiger partial charge is 0.0111 e. The van der Waals surface area contributed by atoms with E-state index in [2.05, 4.69) is 60.3 Å². The Labute approximate surface area is 120 Å². The molecule has 1 unspecified atom stereocenters. The molecule has 1 atom stereocenters.